The fourth-order valence-electron chi connectivity index (χ4n) is 3.86. The molecule has 31 heavy (non-hydrogen) atoms. The van der Waals surface area contributed by atoms with E-state index in [2.05, 4.69) is 5.32 Å². The summed E-state index contributed by atoms with van der Waals surface area (Å²) in [5.74, 6) is -1.21. The molecule has 0 spiro atoms. The van der Waals surface area contributed by atoms with Gasteiger partial charge in [-0.1, -0.05) is 23.7 Å². The Balaban J connectivity index is 1.90. The number of rotatable bonds is 5. The van der Waals surface area contributed by atoms with Gasteiger partial charge in [-0.15, -0.1) is 0 Å². The zero-order chi connectivity index (χ0) is 22.0. The van der Waals surface area contributed by atoms with Crippen molar-refractivity contribution in [2.45, 2.75) is 13.5 Å². The number of carbonyl (C=O) groups is 1. The lowest BCUT2D eigenvalue weighted by molar-refractivity contribution is 0.0524. The number of halogens is 2. The van der Waals surface area contributed by atoms with Crippen molar-refractivity contribution in [1.82, 2.24) is 9.88 Å². The number of fused-ring (bicyclic) bond motifs is 1. The van der Waals surface area contributed by atoms with Gasteiger partial charge in [0.15, 0.2) is 0 Å². The normalized spacial score (nSPS) is 14.1. The van der Waals surface area contributed by atoms with Gasteiger partial charge in [-0.3, -0.25) is 4.79 Å². The van der Waals surface area contributed by atoms with E-state index in [1.54, 1.807) is 23.6 Å². The van der Waals surface area contributed by atoms with Gasteiger partial charge in [0.2, 0.25) is 5.43 Å². The van der Waals surface area contributed by atoms with Crippen LogP contribution in [0.4, 0.5) is 10.1 Å². The van der Waals surface area contributed by atoms with Crippen LogP contribution in [0.3, 0.4) is 0 Å². The maximum absolute atomic E-state index is 15.0. The minimum atomic E-state index is -0.721. The molecule has 1 saturated heterocycles. The van der Waals surface area contributed by atoms with Crippen molar-refractivity contribution in [2.75, 3.05) is 37.7 Å². The lowest BCUT2D eigenvalue weighted by atomic mass is 10.1. The number of hydrogen-bond acceptors (Lipinski definition) is 5. The molecule has 0 amide bonds. The predicted molar refractivity (Wildman–Crippen MR) is 120 cm³/mol. The van der Waals surface area contributed by atoms with Crippen LogP contribution in [0.15, 0.2) is 47.4 Å². The molecule has 1 N–H and O–H groups in total. The third-order valence-electron chi connectivity index (χ3n) is 5.34. The standard InChI is InChI=1S/C23H23ClFN3O3/c1-2-31-23(30)18-14-28(13-15-4-3-5-16(24)10-15)20-12-21(27-8-6-26-7-9-27)19(25)11-17(20)22(18)29/h3-5,10-12,14,26H,2,6-9,13H2,1H3. The molecule has 2 aromatic carbocycles. The quantitative estimate of drug-likeness (QED) is 0.612. The van der Waals surface area contributed by atoms with Crippen LogP contribution in [0, 0.1) is 5.82 Å². The zero-order valence-corrected chi connectivity index (χ0v) is 17.9. The van der Waals surface area contributed by atoms with Gasteiger partial charge in [0.1, 0.15) is 11.4 Å². The molecule has 0 unspecified atom stereocenters. The number of ether oxygens (including phenoxy) is 1. The Labute approximate surface area is 184 Å². The molecule has 0 saturated carbocycles. The van der Waals surface area contributed by atoms with Crippen molar-refractivity contribution in [2.24, 2.45) is 0 Å². The smallest absolute Gasteiger partial charge is 0.343 e. The van der Waals surface area contributed by atoms with E-state index in [9.17, 15) is 9.59 Å². The van der Waals surface area contributed by atoms with Crippen molar-refractivity contribution >= 4 is 34.2 Å². The van der Waals surface area contributed by atoms with Gasteiger partial charge in [0.05, 0.1) is 17.8 Å². The van der Waals surface area contributed by atoms with Crippen LogP contribution in [0.25, 0.3) is 10.9 Å². The average Bonchev–Trinajstić information content (AvgIpc) is 2.76. The maximum Gasteiger partial charge on any atom is 0.343 e. The van der Waals surface area contributed by atoms with Crippen LogP contribution in [0.5, 0.6) is 0 Å². The highest BCUT2D eigenvalue weighted by Crippen LogP contribution is 2.26. The average molecular weight is 444 g/mol. The SMILES string of the molecule is CCOC(=O)c1cn(Cc2cccc(Cl)c2)c2cc(N3CCNCC3)c(F)cc2c1=O. The lowest BCUT2D eigenvalue weighted by Gasteiger charge is -2.30. The monoisotopic (exact) mass is 443 g/mol. The summed E-state index contributed by atoms with van der Waals surface area (Å²) in [7, 11) is 0. The highest BCUT2D eigenvalue weighted by Gasteiger charge is 2.21. The third kappa shape index (κ3) is 4.43. The minimum absolute atomic E-state index is 0.120. The van der Waals surface area contributed by atoms with E-state index in [0.29, 0.717) is 35.9 Å². The van der Waals surface area contributed by atoms with Crippen LogP contribution in [-0.2, 0) is 11.3 Å². The topological polar surface area (TPSA) is 63.6 Å². The molecule has 1 fully saturated rings. The Morgan fingerprint density at radius 1 is 1.23 bits per heavy atom. The van der Waals surface area contributed by atoms with Gasteiger partial charge in [-0.2, -0.15) is 0 Å². The van der Waals surface area contributed by atoms with Gasteiger partial charge in [0.25, 0.3) is 0 Å². The fraction of sp³-hybridized carbons (Fsp3) is 0.304. The minimum Gasteiger partial charge on any atom is -0.462 e. The maximum atomic E-state index is 15.0. The second-order valence-electron chi connectivity index (χ2n) is 7.41. The summed E-state index contributed by atoms with van der Waals surface area (Å²) in [6.07, 6.45) is 1.49. The molecule has 6 nitrogen and oxygen atoms in total. The number of carbonyl (C=O) groups excluding carboxylic acids is 1. The first-order valence-corrected chi connectivity index (χ1v) is 10.6. The Morgan fingerprint density at radius 2 is 2.00 bits per heavy atom. The molecule has 1 aliphatic heterocycles. The van der Waals surface area contributed by atoms with Crippen LogP contribution in [0.2, 0.25) is 5.02 Å². The highest BCUT2D eigenvalue weighted by atomic mass is 35.5. The number of hydrogen-bond donors (Lipinski definition) is 1. The number of pyridine rings is 1. The first kappa shape index (κ1) is 21.3. The molecule has 2 heterocycles. The summed E-state index contributed by atoms with van der Waals surface area (Å²) in [5, 5.41) is 3.98. The molecule has 0 bridgehead atoms. The summed E-state index contributed by atoms with van der Waals surface area (Å²) < 4.78 is 21.9. The zero-order valence-electron chi connectivity index (χ0n) is 17.2. The molecular weight excluding hydrogens is 421 g/mol. The number of nitrogens with zero attached hydrogens (tertiary/aromatic N) is 2. The molecule has 0 radical (unpaired) electrons. The van der Waals surface area contributed by atoms with Gasteiger partial charge in [-0.25, -0.2) is 9.18 Å². The van der Waals surface area contributed by atoms with Crippen LogP contribution < -0.4 is 15.6 Å². The van der Waals surface area contributed by atoms with Crippen molar-refractivity contribution in [3.8, 4) is 0 Å². The number of benzene rings is 2. The molecule has 0 aliphatic carbocycles. The van der Waals surface area contributed by atoms with E-state index in [0.717, 1.165) is 18.7 Å². The molecule has 1 aromatic heterocycles. The number of anilines is 1. The van der Waals surface area contributed by atoms with E-state index >= 15 is 4.39 Å². The van der Waals surface area contributed by atoms with Gasteiger partial charge in [0, 0.05) is 49.3 Å². The van der Waals surface area contributed by atoms with Gasteiger partial charge >= 0.3 is 5.97 Å². The first-order valence-electron chi connectivity index (χ1n) is 10.2. The van der Waals surface area contributed by atoms with Gasteiger partial charge in [-0.05, 0) is 36.8 Å². The summed E-state index contributed by atoms with van der Waals surface area (Å²) >= 11 is 6.13. The Morgan fingerprint density at radius 3 is 2.71 bits per heavy atom. The lowest BCUT2D eigenvalue weighted by Crippen LogP contribution is -2.43. The van der Waals surface area contributed by atoms with Crippen LogP contribution >= 0.6 is 11.6 Å². The summed E-state index contributed by atoms with van der Waals surface area (Å²) in [6.45, 7) is 5.02. The van der Waals surface area contributed by atoms with Crippen LogP contribution in [0.1, 0.15) is 22.8 Å². The van der Waals surface area contributed by atoms with Crippen molar-refractivity contribution in [1.29, 1.82) is 0 Å². The molecule has 3 aromatic rings. The summed E-state index contributed by atoms with van der Waals surface area (Å²) in [5.41, 5.74) is 1.22. The van der Waals surface area contributed by atoms with Crippen LogP contribution in [-0.4, -0.2) is 43.3 Å². The molecule has 0 atom stereocenters. The Hall–Kier alpha value is -2.90. The largest absolute Gasteiger partial charge is 0.462 e. The molecule has 8 heteroatoms. The number of nitrogens with one attached hydrogen (secondary N) is 1. The molecule has 162 valence electrons. The summed E-state index contributed by atoms with van der Waals surface area (Å²) in [6, 6.07) is 10.2. The number of piperazine rings is 1. The fourth-order valence-corrected chi connectivity index (χ4v) is 4.08. The van der Waals surface area contributed by atoms with E-state index < -0.39 is 17.2 Å². The van der Waals surface area contributed by atoms with E-state index in [1.165, 1.54) is 12.3 Å². The molecular formula is C23H23ClFN3O3. The third-order valence-corrected chi connectivity index (χ3v) is 5.58. The van der Waals surface area contributed by atoms with E-state index in [4.69, 9.17) is 16.3 Å². The highest BCUT2D eigenvalue weighted by molar-refractivity contribution is 6.30. The Kier molecular flexibility index (Phi) is 6.25. The van der Waals surface area contributed by atoms with Crippen molar-refractivity contribution < 1.29 is 13.9 Å². The molecule has 1 aliphatic rings. The first-order chi connectivity index (χ1) is 15.0. The van der Waals surface area contributed by atoms with Gasteiger partial charge < -0.3 is 19.5 Å². The van der Waals surface area contributed by atoms with E-state index in [-0.39, 0.29) is 17.6 Å². The number of aromatic nitrogens is 1. The second kappa shape index (κ2) is 9.08. The molecule has 4 rings (SSSR count). The van der Waals surface area contributed by atoms with Crippen molar-refractivity contribution in [3.05, 3.63) is 74.8 Å². The van der Waals surface area contributed by atoms with E-state index in [1.807, 2.05) is 23.1 Å². The Bertz CT molecular complexity index is 1190. The predicted octanol–water partition coefficient (Wildman–Crippen LogP) is 3.43. The number of esters is 1. The van der Waals surface area contributed by atoms with Crippen molar-refractivity contribution in [3.63, 3.8) is 0 Å². The second-order valence-corrected chi connectivity index (χ2v) is 7.84. The summed E-state index contributed by atoms with van der Waals surface area (Å²) in [4.78, 5) is 27.4.